The lowest BCUT2D eigenvalue weighted by atomic mass is 9.98. The fraction of sp³-hybridized carbons (Fsp3) is 0.0909. The van der Waals surface area contributed by atoms with Gasteiger partial charge < -0.3 is 9.47 Å². The third kappa shape index (κ3) is 3.91. The van der Waals surface area contributed by atoms with Crippen LogP contribution in [0.4, 0.5) is 4.39 Å². The summed E-state index contributed by atoms with van der Waals surface area (Å²) in [7, 11) is 1.51. The third-order valence-electron chi connectivity index (χ3n) is 4.00. The Balaban J connectivity index is 1.91. The molecule has 0 saturated carbocycles. The maximum atomic E-state index is 13.1. The molecule has 0 fully saturated rings. The smallest absolute Gasteiger partial charge is 0.193 e. The van der Waals surface area contributed by atoms with E-state index in [2.05, 4.69) is 6.92 Å². The summed E-state index contributed by atoms with van der Waals surface area (Å²) in [6, 6.07) is 18.4. The van der Waals surface area contributed by atoms with Gasteiger partial charge >= 0.3 is 0 Å². The van der Waals surface area contributed by atoms with Crippen molar-refractivity contribution in [3.8, 4) is 11.5 Å². The highest BCUT2D eigenvalue weighted by Crippen LogP contribution is 2.30. The van der Waals surface area contributed by atoms with Crippen LogP contribution in [0.5, 0.6) is 11.5 Å². The van der Waals surface area contributed by atoms with Crippen molar-refractivity contribution in [3.05, 3.63) is 102 Å². The van der Waals surface area contributed by atoms with Gasteiger partial charge in [-0.15, -0.1) is 0 Å². The van der Waals surface area contributed by atoms with Gasteiger partial charge in [0.25, 0.3) is 0 Å². The molecule has 0 spiro atoms. The molecule has 0 aliphatic carbocycles. The fourth-order valence-electron chi connectivity index (χ4n) is 2.59. The Morgan fingerprint density at radius 3 is 2.38 bits per heavy atom. The highest BCUT2D eigenvalue weighted by atomic mass is 19.1. The van der Waals surface area contributed by atoms with Crippen molar-refractivity contribution in [1.29, 1.82) is 0 Å². The average molecular weight is 349 g/mol. The first-order chi connectivity index (χ1) is 12.6. The number of halogens is 1. The second-order valence-corrected chi connectivity index (χ2v) is 5.76. The zero-order chi connectivity index (χ0) is 18.5. The molecule has 3 nitrogen and oxygen atoms in total. The zero-order valence-electron chi connectivity index (χ0n) is 14.4. The van der Waals surface area contributed by atoms with Crippen molar-refractivity contribution < 1.29 is 18.7 Å². The highest BCUT2D eigenvalue weighted by Gasteiger charge is 2.17. The van der Waals surface area contributed by atoms with Gasteiger partial charge in [0.05, 0.1) is 7.11 Å². The van der Waals surface area contributed by atoms with Crippen LogP contribution in [0.25, 0.3) is 0 Å². The number of rotatable bonds is 6. The van der Waals surface area contributed by atoms with E-state index >= 15 is 0 Å². The number of carbonyl (C=O) groups is 1. The van der Waals surface area contributed by atoms with Crippen LogP contribution in [0.15, 0.2) is 66.7 Å². The summed E-state index contributed by atoms with van der Waals surface area (Å²) in [5, 5.41) is 0. The molecular weight excluding hydrogens is 331 g/mol. The molecule has 1 radical (unpaired) electrons. The first kappa shape index (κ1) is 17.7. The maximum Gasteiger partial charge on any atom is 0.193 e. The van der Waals surface area contributed by atoms with Crippen molar-refractivity contribution in [1.82, 2.24) is 0 Å². The molecule has 3 rings (SSSR count). The Bertz CT molecular complexity index is 903. The molecule has 0 atom stereocenters. The Kier molecular flexibility index (Phi) is 5.32. The minimum atomic E-state index is -0.395. The van der Waals surface area contributed by atoms with E-state index in [9.17, 15) is 9.18 Å². The predicted octanol–water partition coefficient (Wildman–Crippen LogP) is 4.83. The van der Waals surface area contributed by atoms with Crippen LogP contribution in [-0.4, -0.2) is 12.9 Å². The molecule has 131 valence electrons. The van der Waals surface area contributed by atoms with Crippen LogP contribution < -0.4 is 9.47 Å². The standard InChI is InChI=1S/C22H18FO3/c1-15-20(22(24)17-8-10-18(23)11-9-17)12-19(13-21(15)25-2)26-14-16-6-4-3-5-7-16/h3-13H,1,14H2,2H3. The van der Waals surface area contributed by atoms with Crippen LogP contribution >= 0.6 is 0 Å². The topological polar surface area (TPSA) is 35.5 Å². The minimum Gasteiger partial charge on any atom is -0.496 e. The van der Waals surface area contributed by atoms with Gasteiger partial charge in [0.2, 0.25) is 0 Å². The summed E-state index contributed by atoms with van der Waals surface area (Å²) in [6.45, 7) is 4.31. The summed E-state index contributed by atoms with van der Waals surface area (Å²) in [4.78, 5) is 12.8. The van der Waals surface area contributed by atoms with Crippen molar-refractivity contribution in [2.45, 2.75) is 6.61 Å². The molecule has 0 bridgehead atoms. The van der Waals surface area contributed by atoms with E-state index < -0.39 is 5.82 Å². The van der Waals surface area contributed by atoms with E-state index in [-0.39, 0.29) is 5.78 Å². The number of benzene rings is 3. The molecule has 3 aromatic rings. The van der Waals surface area contributed by atoms with Gasteiger partial charge in [-0.05, 0) is 42.8 Å². The van der Waals surface area contributed by atoms with E-state index in [1.165, 1.54) is 31.4 Å². The molecule has 0 amide bonds. The van der Waals surface area contributed by atoms with Gasteiger partial charge in [-0.3, -0.25) is 4.79 Å². The molecule has 26 heavy (non-hydrogen) atoms. The number of ether oxygens (including phenoxy) is 2. The van der Waals surface area contributed by atoms with Crippen LogP contribution in [0, 0.1) is 12.7 Å². The Morgan fingerprint density at radius 1 is 1.04 bits per heavy atom. The molecule has 0 aromatic heterocycles. The Morgan fingerprint density at radius 2 is 1.73 bits per heavy atom. The molecule has 0 unspecified atom stereocenters. The molecular formula is C22H18FO3. The highest BCUT2D eigenvalue weighted by molar-refractivity contribution is 6.10. The van der Waals surface area contributed by atoms with Crippen LogP contribution in [0.3, 0.4) is 0 Å². The number of carbonyl (C=O) groups excluding carboxylic acids is 1. The fourth-order valence-corrected chi connectivity index (χ4v) is 2.59. The number of hydrogen-bond acceptors (Lipinski definition) is 3. The third-order valence-corrected chi connectivity index (χ3v) is 4.00. The first-order valence-corrected chi connectivity index (χ1v) is 8.09. The van der Waals surface area contributed by atoms with Crippen molar-refractivity contribution in [2.24, 2.45) is 0 Å². The van der Waals surface area contributed by atoms with Gasteiger partial charge in [-0.25, -0.2) is 4.39 Å². The predicted molar refractivity (Wildman–Crippen MR) is 98.1 cm³/mol. The number of methoxy groups -OCH3 is 1. The molecule has 3 aromatic carbocycles. The van der Waals surface area contributed by atoms with Gasteiger partial charge in [0, 0.05) is 22.8 Å². The lowest BCUT2D eigenvalue weighted by Crippen LogP contribution is -2.06. The minimum absolute atomic E-state index is 0.265. The van der Waals surface area contributed by atoms with Gasteiger partial charge in [-0.1, -0.05) is 30.3 Å². The first-order valence-electron chi connectivity index (χ1n) is 8.09. The molecule has 0 N–H and O–H groups in total. The monoisotopic (exact) mass is 349 g/mol. The normalized spacial score (nSPS) is 10.4. The molecule has 0 saturated heterocycles. The maximum absolute atomic E-state index is 13.1. The van der Waals surface area contributed by atoms with E-state index in [4.69, 9.17) is 9.47 Å². The largest absolute Gasteiger partial charge is 0.496 e. The van der Waals surface area contributed by atoms with Crippen molar-refractivity contribution in [2.75, 3.05) is 7.11 Å². The molecule has 0 aliphatic rings. The Hall–Kier alpha value is -3.14. The molecule has 4 heteroatoms. The zero-order valence-corrected chi connectivity index (χ0v) is 14.4. The second kappa shape index (κ2) is 7.83. The summed E-state index contributed by atoms with van der Waals surface area (Å²) >= 11 is 0. The number of hydrogen-bond donors (Lipinski definition) is 0. The van der Waals surface area contributed by atoms with Crippen molar-refractivity contribution >= 4 is 5.78 Å². The molecule has 0 aliphatic heterocycles. The SMILES string of the molecule is [CH2]c1c(OC)cc(OCc2ccccc2)cc1C(=O)c1ccc(F)cc1. The van der Waals surface area contributed by atoms with Gasteiger partial charge in [0.15, 0.2) is 5.78 Å². The van der Waals surface area contributed by atoms with E-state index in [0.717, 1.165) is 5.56 Å². The number of ketones is 1. The summed E-state index contributed by atoms with van der Waals surface area (Å²) in [6.07, 6.45) is 0. The van der Waals surface area contributed by atoms with Crippen LogP contribution in [0.2, 0.25) is 0 Å². The lowest BCUT2D eigenvalue weighted by Gasteiger charge is -2.14. The Labute approximate surface area is 152 Å². The van der Waals surface area contributed by atoms with Crippen molar-refractivity contribution in [3.63, 3.8) is 0 Å². The second-order valence-electron chi connectivity index (χ2n) is 5.76. The van der Waals surface area contributed by atoms with E-state index in [1.54, 1.807) is 12.1 Å². The van der Waals surface area contributed by atoms with Crippen LogP contribution in [0.1, 0.15) is 27.0 Å². The van der Waals surface area contributed by atoms with Gasteiger partial charge in [-0.2, -0.15) is 0 Å². The van der Waals surface area contributed by atoms with Gasteiger partial charge in [0.1, 0.15) is 23.9 Å². The summed E-state index contributed by atoms with van der Waals surface area (Å²) in [5.74, 6) is 0.303. The summed E-state index contributed by atoms with van der Waals surface area (Å²) < 4.78 is 24.3. The summed E-state index contributed by atoms with van der Waals surface area (Å²) in [5.41, 5.74) is 2.21. The quantitative estimate of drug-likeness (QED) is 0.598. The van der Waals surface area contributed by atoms with E-state index in [1.807, 2.05) is 30.3 Å². The molecule has 0 heterocycles. The van der Waals surface area contributed by atoms with E-state index in [0.29, 0.717) is 34.8 Å². The average Bonchev–Trinajstić information content (AvgIpc) is 2.68. The van der Waals surface area contributed by atoms with Crippen LogP contribution in [-0.2, 0) is 6.61 Å². The lowest BCUT2D eigenvalue weighted by molar-refractivity contribution is 0.103.